The van der Waals surface area contributed by atoms with E-state index >= 15 is 0 Å². The molecule has 57 heavy (non-hydrogen) atoms. The van der Waals surface area contributed by atoms with E-state index in [0.717, 1.165) is 0 Å². The molecule has 12 aromatic carbocycles. The van der Waals surface area contributed by atoms with Crippen LogP contribution in [-0.4, -0.2) is 0 Å². The highest BCUT2D eigenvalue weighted by molar-refractivity contribution is 6.25. The highest BCUT2D eigenvalue weighted by atomic mass is 14.5. The summed E-state index contributed by atoms with van der Waals surface area (Å²) in [4.78, 5) is 0. The third-order valence-electron chi connectivity index (χ3n) is 13.1. The molecule has 0 fully saturated rings. The highest BCUT2D eigenvalue weighted by Gasteiger charge is 2.46. The predicted molar refractivity (Wildman–Crippen MR) is 242 cm³/mol. The molecule has 1 aliphatic rings. The van der Waals surface area contributed by atoms with Crippen molar-refractivity contribution in [2.24, 2.45) is 0 Å². The summed E-state index contributed by atoms with van der Waals surface area (Å²) in [5.41, 5.74) is 12.2. The molecule has 262 valence electrons. The molecular weight excluding hydrogens is 685 g/mol. The second-order valence-electron chi connectivity index (χ2n) is 16.0. The van der Waals surface area contributed by atoms with Crippen LogP contribution in [0.25, 0.3) is 98.0 Å². The molecule has 0 saturated heterocycles. The molecule has 0 saturated carbocycles. The van der Waals surface area contributed by atoms with Crippen LogP contribution in [0.3, 0.4) is 0 Å². The summed E-state index contributed by atoms with van der Waals surface area (Å²) in [5.74, 6) is 0. The van der Waals surface area contributed by atoms with Gasteiger partial charge in [0.05, 0.1) is 5.41 Å². The van der Waals surface area contributed by atoms with Crippen molar-refractivity contribution < 1.29 is 0 Å². The van der Waals surface area contributed by atoms with E-state index in [0.29, 0.717) is 0 Å². The van der Waals surface area contributed by atoms with Crippen molar-refractivity contribution in [1.29, 1.82) is 0 Å². The summed E-state index contributed by atoms with van der Waals surface area (Å²) in [5, 5.41) is 15.7. The molecule has 0 heterocycles. The average molecular weight is 719 g/mol. The lowest BCUT2D eigenvalue weighted by atomic mass is 9.67. The second-order valence-corrected chi connectivity index (χ2v) is 16.0. The average Bonchev–Trinajstić information content (AvgIpc) is 3.57. The Morgan fingerprint density at radius 3 is 0.930 bits per heavy atom. The van der Waals surface area contributed by atoms with Crippen molar-refractivity contribution in [2.75, 3.05) is 0 Å². The van der Waals surface area contributed by atoms with Gasteiger partial charge in [0.15, 0.2) is 0 Å². The standard InChI is InChI=1S/C57H34/c1-3-13-47(14-4-1)57(48-15-5-2-6-16-48)51-33-39(45-29-41-21-17-35-9-7-10-36-18-22-42(30-45)55(41)53(35)36)25-27-49(51)50-28-26-40(34-52(50)57)46-31-43-23-19-37-11-8-12-38-20-24-44(32-46)56(43)54(37)38/h1-34H. The van der Waals surface area contributed by atoms with Crippen molar-refractivity contribution in [3.8, 4) is 33.4 Å². The molecule has 0 atom stereocenters. The normalized spacial score (nSPS) is 13.4. The molecular formula is C57H34. The van der Waals surface area contributed by atoms with Gasteiger partial charge in [0.25, 0.3) is 0 Å². The van der Waals surface area contributed by atoms with Gasteiger partial charge in [0.2, 0.25) is 0 Å². The number of hydrogen-bond donors (Lipinski definition) is 0. The quantitative estimate of drug-likeness (QED) is 0.159. The summed E-state index contributed by atoms with van der Waals surface area (Å²) in [7, 11) is 0. The van der Waals surface area contributed by atoms with Gasteiger partial charge in [0.1, 0.15) is 0 Å². The van der Waals surface area contributed by atoms with Crippen LogP contribution in [-0.2, 0) is 5.41 Å². The van der Waals surface area contributed by atoms with Crippen LogP contribution in [0, 0.1) is 0 Å². The third kappa shape index (κ3) is 4.22. The van der Waals surface area contributed by atoms with Crippen molar-refractivity contribution in [3.05, 3.63) is 229 Å². The van der Waals surface area contributed by atoms with E-state index in [1.807, 2.05) is 0 Å². The van der Waals surface area contributed by atoms with Gasteiger partial charge in [-0.25, -0.2) is 0 Å². The summed E-state index contributed by atoms with van der Waals surface area (Å²) in [6, 6.07) is 78.0. The summed E-state index contributed by atoms with van der Waals surface area (Å²) < 4.78 is 0. The first kappa shape index (κ1) is 31.0. The molecule has 0 N–H and O–H groups in total. The minimum Gasteiger partial charge on any atom is -0.0622 e. The topological polar surface area (TPSA) is 0 Å². The fourth-order valence-corrected chi connectivity index (χ4v) is 10.7. The fraction of sp³-hybridized carbons (Fsp3) is 0.0175. The molecule has 1 aliphatic carbocycles. The predicted octanol–water partition coefficient (Wildman–Crippen LogP) is 15.2. The fourth-order valence-electron chi connectivity index (χ4n) is 10.7. The molecule has 0 aliphatic heterocycles. The Morgan fingerprint density at radius 2 is 0.561 bits per heavy atom. The summed E-state index contributed by atoms with van der Waals surface area (Å²) >= 11 is 0. The zero-order chi connectivity index (χ0) is 37.2. The highest BCUT2D eigenvalue weighted by Crippen LogP contribution is 2.57. The van der Waals surface area contributed by atoms with Gasteiger partial charge in [0, 0.05) is 0 Å². The minimum absolute atomic E-state index is 0.522. The summed E-state index contributed by atoms with van der Waals surface area (Å²) in [6.45, 7) is 0. The lowest BCUT2D eigenvalue weighted by Gasteiger charge is -2.34. The van der Waals surface area contributed by atoms with Crippen LogP contribution < -0.4 is 0 Å². The van der Waals surface area contributed by atoms with Crippen LogP contribution in [0.1, 0.15) is 22.3 Å². The molecule has 0 spiro atoms. The van der Waals surface area contributed by atoms with E-state index in [4.69, 9.17) is 0 Å². The molecule has 0 radical (unpaired) electrons. The zero-order valence-corrected chi connectivity index (χ0v) is 31.1. The van der Waals surface area contributed by atoms with E-state index in [1.165, 1.54) is 120 Å². The van der Waals surface area contributed by atoms with Gasteiger partial charge in [-0.05, 0) is 157 Å². The molecule has 0 bridgehead atoms. The summed E-state index contributed by atoms with van der Waals surface area (Å²) in [6.07, 6.45) is 0. The lowest BCUT2D eigenvalue weighted by Crippen LogP contribution is -2.28. The maximum atomic E-state index is 2.50. The van der Waals surface area contributed by atoms with E-state index < -0.39 is 5.41 Å². The van der Waals surface area contributed by atoms with E-state index in [9.17, 15) is 0 Å². The number of fused-ring (bicyclic) bond motifs is 3. The van der Waals surface area contributed by atoms with E-state index in [1.54, 1.807) is 0 Å². The molecule has 0 heteroatoms. The van der Waals surface area contributed by atoms with Gasteiger partial charge in [-0.3, -0.25) is 0 Å². The van der Waals surface area contributed by atoms with Gasteiger partial charge in [-0.15, -0.1) is 0 Å². The Bertz CT molecular complexity index is 3190. The van der Waals surface area contributed by atoms with Crippen LogP contribution in [0.15, 0.2) is 206 Å². The molecule has 0 amide bonds. The van der Waals surface area contributed by atoms with Crippen LogP contribution in [0.4, 0.5) is 0 Å². The van der Waals surface area contributed by atoms with Gasteiger partial charge >= 0.3 is 0 Å². The minimum atomic E-state index is -0.522. The van der Waals surface area contributed by atoms with Crippen molar-refractivity contribution in [2.45, 2.75) is 5.41 Å². The van der Waals surface area contributed by atoms with E-state index in [2.05, 4.69) is 206 Å². The van der Waals surface area contributed by atoms with Crippen LogP contribution in [0.5, 0.6) is 0 Å². The molecule has 0 nitrogen and oxygen atoms in total. The number of hydrogen-bond acceptors (Lipinski definition) is 0. The van der Waals surface area contributed by atoms with Crippen LogP contribution in [0.2, 0.25) is 0 Å². The Kier molecular flexibility index (Phi) is 6.19. The van der Waals surface area contributed by atoms with Crippen molar-refractivity contribution in [3.63, 3.8) is 0 Å². The third-order valence-corrected chi connectivity index (χ3v) is 13.1. The van der Waals surface area contributed by atoms with Gasteiger partial charge in [-0.1, -0.05) is 170 Å². The number of benzene rings is 12. The monoisotopic (exact) mass is 718 g/mol. The second kappa shape index (κ2) is 11.4. The Hall–Kier alpha value is -7.28. The molecule has 0 aromatic heterocycles. The Morgan fingerprint density at radius 1 is 0.228 bits per heavy atom. The molecule has 13 rings (SSSR count). The first-order valence-corrected chi connectivity index (χ1v) is 20.0. The zero-order valence-electron chi connectivity index (χ0n) is 31.1. The Labute approximate surface area is 330 Å². The van der Waals surface area contributed by atoms with Crippen LogP contribution >= 0.6 is 0 Å². The van der Waals surface area contributed by atoms with Gasteiger partial charge < -0.3 is 0 Å². The first-order valence-electron chi connectivity index (χ1n) is 20.0. The van der Waals surface area contributed by atoms with Gasteiger partial charge in [-0.2, -0.15) is 0 Å². The molecule has 0 unspecified atom stereocenters. The molecule has 12 aromatic rings. The maximum Gasteiger partial charge on any atom is 0.0713 e. The van der Waals surface area contributed by atoms with E-state index in [-0.39, 0.29) is 0 Å². The lowest BCUT2D eigenvalue weighted by molar-refractivity contribution is 0.769. The smallest absolute Gasteiger partial charge is 0.0622 e. The SMILES string of the molecule is c1ccc(C2(c3ccccc3)c3cc(-c4cc5ccc6cccc7ccc(c4)c5c67)ccc3-c3ccc(-c4cc5ccc6cccc7ccc(c4)c5c67)cc32)cc1. The number of rotatable bonds is 4. The largest absolute Gasteiger partial charge is 0.0713 e. The Balaban J connectivity index is 1.06. The first-order chi connectivity index (χ1) is 28.2. The van der Waals surface area contributed by atoms with Crippen molar-refractivity contribution >= 4 is 64.6 Å². The van der Waals surface area contributed by atoms with Crippen molar-refractivity contribution in [1.82, 2.24) is 0 Å². The maximum absolute atomic E-state index is 2.50.